The standard InChI is InChI=1S/C12H8BrClN2O/c13-9-4-1-3-8(7-9)12(17)16-11-6-2-5-10(14)15-11/h1-7H,(H,15,16,17). The van der Waals surface area contributed by atoms with E-state index in [1.165, 1.54) is 0 Å². The van der Waals surface area contributed by atoms with Crippen molar-refractivity contribution < 1.29 is 4.79 Å². The van der Waals surface area contributed by atoms with Gasteiger partial charge in [0.1, 0.15) is 11.0 Å². The third kappa shape index (κ3) is 3.28. The van der Waals surface area contributed by atoms with E-state index < -0.39 is 0 Å². The minimum Gasteiger partial charge on any atom is -0.307 e. The van der Waals surface area contributed by atoms with Gasteiger partial charge in [0.05, 0.1) is 0 Å². The fourth-order valence-corrected chi connectivity index (χ4v) is 1.86. The Morgan fingerprint density at radius 2 is 2.00 bits per heavy atom. The van der Waals surface area contributed by atoms with Crippen molar-refractivity contribution in [3.63, 3.8) is 0 Å². The molecule has 17 heavy (non-hydrogen) atoms. The lowest BCUT2D eigenvalue weighted by Crippen LogP contribution is -2.12. The highest BCUT2D eigenvalue weighted by Gasteiger charge is 2.06. The summed E-state index contributed by atoms with van der Waals surface area (Å²) in [5.74, 6) is 0.212. The monoisotopic (exact) mass is 310 g/mol. The van der Waals surface area contributed by atoms with Crippen LogP contribution < -0.4 is 5.32 Å². The Morgan fingerprint density at radius 1 is 1.24 bits per heavy atom. The van der Waals surface area contributed by atoms with Crippen molar-refractivity contribution in [3.05, 3.63) is 57.7 Å². The predicted octanol–water partition coefficient (Wildman–Crippen LogP) is 3.75. The van der Waals surface area contributed by atoms with E-state index in [1.807, 2.05) is 6.07 Å². The Bertz CT molecular complexity index is 560. The summed E-state index contributed by atoms with van der Waals surface area (Å²) in [5, 5.41) is 3.02. The van der Waals surface area contributed by atoms with Crippen LogP contribution in [0, 0.1) is 0 Å². The van der Waals surface area contributed by atoms with Crippen molar-refractivity contribution >= 4 is 39.3 Å². The van der Waals surface area contributed by atoms with Gasteiger partial charge in [-0.25, -0.2) is 4.98 Å². The molecule has 2 aromatic rings. The van der Waals surface area contributed by atoms with Crippen LogP contribution in [-0.2, 0) is 0 Å². The summed E-state index contributed by atoms with van der Waals surface area (Å²) in [6, 6.07) is 12.2. The highest BCUT2D eigenvalue weighted by Crippen LogP contribution is 2.14. The molecule has 0 aliphatic carbocycles. The zero-order chi connectivity index (χ0) is 12.3. The van der Waals surface area contributed by atoms with Crippen molar-refractivity contribution in [3.8, 4) is 0 Å². The average molecular weight is 312 g/mol. The number of nitrogens with one attached hydrogen (secondary N) is 1. The number of nitrogens with zero attached hydrogens (tertiary/aromatic N) is 1. The fourth-order valence-electron chi connectivity index (χ4n) is 1.30. The molecule has 1 aromatic heterocycles. The van der Waals surface area contributed by atoms with Crippen LogP contribution in [0.4, 0.5) is 5.82 Å². The molecule has 0 aliphatic rings. The van der Waals surface area contributed by atoms with E-state index in [2.05, 4.69) is 26.2 Å². The highest BCUT2D eigenvalue weighted by atomic mass is 79.9. The third-order valence-corrected chi connectivity index (χ3v) is 2.75. The predicted molar refractivity (Wildman–Crippen MR) is 71.3 cm³/mol. The number of pyridine rings is 1. The molecule has 0 unspecified atom stereocenters. The molecule has 0 fully saturated rings. The van der Waals surface area contributed by atoms with Crippen molar-refractivity contribution in [2.24, 2.45) is 0 Å². The van der Waals surface area contributed by atoms with Gasteiger partial charge in [0.2, 0.25) is 0 Å². The maximum absolute atomic E-state index is 11.9. The van der Waals surface area contributed by atoms with Gasteiger partial charge >= 0.3 is 0 Å². The van der Waals surface area contributed by atoms with Crippen molar-refractivity contribution in [2.45, 2.75) is 0 Å². The lowest BCUT2D eigenvalue weighted by Gasteiger charge is -2.04. The number of rotatable bonds is 2. The van der Waals surface area contributed by atoms with Crippen LogP contribution in [0.25, 0.3) is 0 Å². The molecule has 5 heteroatoms. The number of benzene rings is 1. The van der Waals surface area contributed by atoms with Gasteiger partial charge in [-0.3, -0.25) is 4.79 Å². The summed E-state index contributed by atoms with van der Waals surface area (Å²) in [6.07, 6.45) is 0. The first-order valence-electron chi connectivity index (χ1n) is 4.84. The van der Waals surface area contributed by atoms with E-state index in [0.29, 0.717) is 16.5 Å². The van der Waals surface area contributed by atoms with Gasteiger partial charge in [-0.15, -0.1) is 0 Å². The van der Waals surface area contributed by atoms with E-state index in [1.54, 1.807) is 36.4 Å². The van der Waals surface area contributed by atoms with Crippen molar-refractivity contribution in [1.82, 2.24) is 4.98 Å². The van der Waals surface area contributed by atoms with Crippen LogP contribution in [0.3, 0.4) is 0 Å². The van der Waals surface area contributed by atoms with Crippen molar-refractivity contribution in [2.75, 3.05) is 5.32 Å². The molecule has 3 nitrogen and oxygen atoms in total. The molecule has 0 aliphatic heterocycles. The lowest BCUT2D eigenvalue weighted by molar-refractivity contribution is 0.102. The Balaban J connectivity index is 2.17. The maximum Gasteiger partial charge on any atom is 0.256 e. The van der Waals surface area contributed by atoms with Crippen LogP contribution in [0.15, 0.2) is 46.9 Å². The number of carbonyl (C=O) groups excluding carboxylic acids is 1. The molecule has 1 heterocycles. The number of hydrogen-bond donors (Lipinski definition) is 1. The second kappa shape index (κ2) is 5.29. The molecule has 0 radical (unpaired) electrons. The van der Waals surface area contributed by atoms with E-state index in [-0.39, 0.29) is 5.91 Å². The Labute approximate surface area is 112 Å². The number of amides is 1. The molecular weight excluding hydrogens is 304 g/mol. The van der Waals surface area contributed by atoms with E-state index in [9.17, 15) is 4.79 Å². The SMILES string of the molecule is O=C(Nc1cccc(Cl)n1)c1cccc(Br)c1. The quantitative estimate of drug-likeness (QED) is 0.858. The van der Waals surface area contributed by atoms with Gasteiger partial charge in [-0.05, 0) is 30.3 Å². The first kappa shape index (κ1) is 12.1. The molecule has 0 spiro atoms. The molecule has 0 saturated heterocycles. The number of anilines is 1. The summed E-state index contributed by atoms with van der Waals surface area (Å²) >= 11 is 9.04. The first-order valence-corrected chi connectivity index (χ1v) is 6.02. The number of hydrogen-bond acceptors (Lipinski definition) is 2. The van der Waals surface area contributed by atoms with E-state index in [0.717, 1.165) is 4.47 Å². The highest BCUT2D eigenvalue weighted by molar-refractivity contribution is 9.10. The second-order valence-electron chi connectivity index (χ2n) is 3.31. The van der Waals surface area contributed by atoms with Gasteiger partial charge in [0, 0.05) is 10.0 Å². The van der Waals surface area contributed by atoms with Gasteiger partial charge in [0.15, 0.2) is 0 Å². The first-order chi connectivity index (χ1) is 8.15. The molecule has 0 saturated carbocycles. The normalized spacial score (nSPS) is 10.0. The van der Waals surface area contributed by atoms with Crippen LogP contribution in [0.1, 0.15) is 10.4 Å². The smallest absolute Gasteiger partial charge is 0.256 e. The molecule has 1 amide bonds. The third-order valence-electron chi connectivity index (χ3n) is 2.04. The van der Waals surface area contributed by atoms with Crippen LogP contribution in [0.5, 0.6) is 0 Å². The van der Waals surface area contributed by atoms with Crippen LogP contribution in [0.2, 0.25) is 5.15 Å². The molecule has 86 valence electrons. The van der Waals surface area contributed by atoms with Crippen LogP contribution >= 0.6 is 27.5 Å². The summed E-state index contributed by atoms with van der Waals surface area (Å²) < 4.78 is 0.851. The molecule has 0 bridgehead atoms. The lowest BCUT2D eigenvalue weighted by atomic mass is 10.2. The summed E-state index contributed by atoms with van der Waals surface area (Å²) in [5.41, 5.74) is 0.557. The van der Waals surface area contributed by atoms with Gasteiger partial charge < -0.3 is 5.32 Å². The fraction of sp³-hybridized carbons (Fsp3) is 0. The van der Waals surface area contributed by atoms with Gasteiger partial charge in [0.25, 0.3) is 5.91 Å². The molecule has 1 N–H and O–H groups in total. The molecule has 1 aromatic carbocycles. The Kier molecular flexibility index (Phi) is 3.76. The Morgan fingerprint density at radius 3 is 2.71 bits per heavy atom. The zero-order valence-corrected chi connectivity index (χ0v) is 11.0. The summed E-state index contributed by atoms with van der Waals surface area (Å²) in [4.78, 5) is 15.8. The Hall–Kier alpha value is -1.39. The maximum atomic E-state index is 11.9. The largest absolute Gasteiger partial charge is 0.307 e. The molecular formula is C12H8BrClN2O. The summed E-state index contributed by atoms with van der Waals surface area (Å²) in [6.45, 7) is 0. The summed E-state index contributed by atoms with van der Waals surface area (Å²) in [7, 11) is 0. The number of halogens is 2. The average Bonchev–Trinajstić information content (AvgIpc) is 2.29. The zero-order valence-electron chi connectivity index (χ0n) is 8.65. The van der Waals surface area contributed by atoms with Gasteiger partial charge in [-0.2, -0.15) is 0 Å². The van der Waals surface area contributed by atoms with Crippen LogP contribution in [-0.4, -0.2) is 10.9 Å². The second-order valence-corrected chi connectivity index (χ2v) is 4.61. The topological polar surface area (TPSA) is 42.0 Å². The molecule has 2 rings (SSSR count). The minimum atomic E-state index is -0.221. The number of carbonyl (C=O) groups is 1. The molecule has 0 atom stereocenters. The number of aromatic nitrogens is 1. The van der Waals surface area contributed by atoms with Gasteiger partial charge in [-0.1, -0.05) is 39.7 Å². The minimum absolute atomic E-state index is 0.221. The van der Waals surface area contributed by atoms with E-state index >= 15 is 0 Å². The van der Waals surface area contributed by atoms with E-state index in [4.69, 9.17) is 11.6 Å². The van der Waals surface area contributed by atoms with Crippen molar-refractivity contribution in [1.29, 1.82) is 0 Å².